The molecule has 2 atom stereocenters. The van der Waals surface area contributed by atoms with Gasteiger partial charge in [0.2, 0.25) is 0 Å². The number of hydrogen-bond acceptors (Lipinski definition) is 3. The molecule has 2 saturated heterocycles. The quantitative estimate of drug-likeness (QED) is 0.808. The molecule has 3 heteroatoms. The number of rotatable bonds is 2. The van der Waals surface area contributed by atoms with Crippen LogP contribution in [0, 0.1) is 11.3 Å². The summed E-state index contributed by atoms with van der Waals surface area (Å²) in [4.78, 5) is 5.01. The maximum atomic E-state index is 10.7. The zero-order valence-corrected chi connectivity index (χ0v) is 12.0. The molecule has 3 fully saturated rings. The van der Waals surface area contributed by atoms with Gasteiger partial charge in [0.25, 0.3) is 0 Å². The molecule has 0 bridgehead atoms. The Morgan fingerprint density at radius 1 is 1.11 bits per heavy atom. The van der Waals surface area contributed by atoms with E-state index in [0.29, 0.717) is 5.41 Å². The fraction of sp³-hybridized carbons (Fsp3) is 1.00. The predicted molar refractivity (Wildman–Crippen MR) is 73.6 cm³/mol. The van der Waals surface area contributed by atoms with Crippen LogP contribution < -0.4 is 0 Å². The van der Waals surface area contributed by atoms with Crippen LogP contribution in [0.4, 0.5) is 0 Å². The summed E-state index contributed by atoms with van der Waals surface area (Å²) >= 11 is 0. The number of β-amino-alcohol motifs (C(OH)–C–C–N with tert-alkyl or cyclic N) is 1. The first-order valence-electron chi connectivity index (χ1n) is 7.62. The van der Waals surface area contributed by atoms with E-state index in [-0.39, 0.29) is 5.60 Å². The van der Waals surface area contributed by atoms with Gasteiger partial charge in [-0.3, -0.25) is 4.90 Å². The van der Waals surface area contributed by atoms with Crippen molar-refractivity contribution in [1.29, 1.82) is 0 Å². The lowest BCUT2D eigenvalue weighted by atomic mass is 9.83. The monoisotopic (exact) mass is 252 g/mol. The highest BCUT2D eigenvalue weighted by Gasteiger charge is 2.49. The minimum absolute atomic E-state index is 0.376. The average molecular weight is 252 g/mol. The van der Waals surface area contributed by atoms with E-state index in [2.05, 4.69) is 23.8 Å². The van der Waals surface area contributed by atoms with Crippen LogP contribution in [0.3, 0.4) is 0 Å². The van der Waals surface area contributed by atoms with E-state index in [4.69, 9.17) is 0 Å². The van der Waals surface area contributed by atoms with Crippen molar-refractivity contribution < 1.29 is 5.11 Å². The maximum Gasteiger partial charge on any atom is 0.0774 e. The summed E-state index contributed by atoms with van der Waals surface area (Å²) in [7, 11) is 2.24. The molecule has 0 aromatic heterocycles. The molecule has 3 rings (SSSR count). The molecule has 3 nitrogen and oxygen atoms in total. The van der Waals surface area contributed by atoms with Crippen LogP contribution in [0.15, 0.2) is 0 Å². The van der Waals surface area contributed by atoms with Crippen molar-refractivity contribution in [3.8, 4) is 0 Å². The number of hydrogen-bond donors (Lipinski definition) is 1. The average Bonchev–Trinajstić information content (AvgIpc) is 2.67. The molecule has 3 aliphatic rings. The molecule has 18 heavy (non-hydrogen) atoms. The SMILES string of the molecule is CN1C[C@H]2CN(CC3(O)CCCCC3)C[C@@]2(C)C1. The van der Waals surface area contributed by atoms with E-state index >= 15 is 0 Å². The minimum Gasteiger partial charge on any atom is -0.389 e. The first-order chi connectivity index (χ1) is 8.49. The summed E-state index contributed by atoms with van der Waals surface area (Å²) in [5.74, 6) is 0.815. The van der Waals surface area contributed by atoms with Gasteiger partial charge in [0.15, 0.2) is 0 Å². The molecule has 0 unspecified atom stereocenters. The van der Waals surface area contributed by atoms with Crippen molar-refractivity contribution >= 4 is 0 Å². The smallest absolute Gasteiger partial charge is 0.0774 e. The highest BCUT2D eigenvalue weighted by atomic mass is 16.3. The Bertz CT molecular complexity index is 314. The van der Waals surface area contributed by atoms with Gasteiger partial charge in [-0.2, -0.15) is 0 Å². The molecular formula is C15H28N2O. The highest BCUT2D eigenvalue weighted by Crippen LogP contribution is 2.42. The van der Waals surface area contributed by atoms with Gasteiger partial charge < -0.3 is 10.0 Å². The summed E-state index contributed by atoms with van der Waals surface area (Å²) in [5, 5.41) is 10.7. The van der Waals surface area contributed by atoms with Gasteiger partial charge in [-0.1, -0.05) is 26.2 Å². The van der Waals surface area contributed by atoms with E-state index in [1.165, 1.54) is 45.4 Å². The summed E-state index contributed by atoms with van der Waals surface area (Å²) in [6, 6.07) is 0. The summed E-state index contributed by atoms with van der Waals surface area (Å²) in [6.07, 6.45) is 5.78. The summed E-state index contributed by atoms with van der Waals surface area (Å²) < 4.78 is 0. The molecule has 0 radical (unpaired) electrons. The second-order valence-electron chi connectivity index (χ2n) is 7.50. The molecule has 0 spiro atoms. The van der Waals surface area contributed by atoms with Gasteiger partial charge in [0.1, 0.15) is 0 Å². The zero-order chi connectivity index (χ0) is 12.8. The van der Waals surface area contributed by atoms with Crippen LogP contribution in [-0.2, 0) is 0 Å². The van der Waals surface area contributed by atoms with E-state index in [0.717, 1.165) is 25.3 Å². The van der Waals surface area contributed by atoms with Crippen molar-refractivity contribution in [3.05, 3.63) is 0 Å². The van der Waals surface area contributed by atoms with Crippen LogP contribution >= 0.6 is 0 Å². The van der Waals surface area contributed by atoms with Crippen molar-refractivity contribution in [2.24, 2.45) is 11.3 Å². The molecule has 104 valence electrons. The van der Waals surface area contributed by atoms with E-state index < -0.39 is 0 Å². The van der Waals surface area contributed by atoms with Crippen LogP contribution in [0.2, 0.25) is 0 Å². The Hall–Kier alpha value is -0.120. The lowest BCUT2D eigenvalue weighted by Gasteiger charge is -2.36. The van der Waals surface area contributed by atoms with Crippen LogP contribution in [0.5, 0.6) is 0 Å². The topological polar surface area (TPSA) is 26.7 Å². The Kier molecular flexibility index (Phi) is 3.20. The Balaban J connectivity index is 1.60. The number of nitrogens with zero attached hydrogens (tertiary/aromatic N) is 2. The van der Waals surface area contributed by atoms with Crippen molar-refractivity contribution in [2.45, 2.75) is 44.6 Å². The third kappa shape index (κ3) is 2.33. The molecule has 1 aliphatic carbocycles. The molecule has 2 heterocycles. The highest BCUT2D eigenvalue weighted by molar-refractivity contribution is 5.02. The minimum atomic E-state index is -0.376. The van der Waals surface area contributed by atoms with Crippen molar-refractivity contribution in [1.82, 2.24) is 9.80 Å². The van der Waals surface area contributed by atoms with Crippen LogP contribution in [0.1, 0.15) is 39.0 Å². The number of likely N-dealkylation sites (tertiary alicyclic amines) is 2. The van der Waals surface area contributed by atoms with Crippen LogP contribution in [0.25, 0.3) is 0 Å². The third-order valence-electron chi connectivity index (χ3n) is 5.51. The van der Waals surface area contributed by atoms with Crippen LogP contribution in [-0.4, -0.2) is 60.3 Å². The number of aliphatic hydroxyl groups is 1. The summed E-state index contributed by atoms with van der Waals surface area (Å²) in [5.41, 5.74) is 0.0962. The number of fused-ring (bicyclic) bond motifs is 1. The van der Waals surface area contributed by atoms with Crippen molar-refractivity contribution in [2.75, 3.05) is 39.8 Å². The largest absolute Gasteiger partial charge is 0.389 e. The molecule has 0 aromatic rings. The van der Waals surface area contributed by atoms with Gasteiger partial charge in [0, 0.05) is 32.7 Å². The van der Waals surface area contributed by atoms with Gasteiger partial charge in [0.05, 0.1) is 5.60 Å². The molecule has 1 N–H and O–H groups in total. The van der Waals surface area contributed by atoms with Gasteiger partial charge in [-0.15, -0.1) is 0 Å². The van der Waals surface area contributed by atoms with E-state index in [1.807, 2.05) is 0 Å². The van der Waals surface area contributed by atoms with Gasteiger partial charge in [-0.05, 0) is 31.2 Å². The first kappa shape index (κ1) is 12.9. The van der Waals surface area contributed by atoms with Crippen molar-refractivity contribution in [3.63, 3.8) is 0 Å². The van der Waals surface area contributed by atoms with Gasteiger partial charge in [-0.25, -0.2) is 0 Å². The second-order valence-corrected chi connectivity index (χ2v) is 7.50. The molecule has 2 aliphatic heterocycles. The second kappa shape index (κ2) is 4.46. The van der Waals surface area contributed by atoms with Gasteiger partial charge >= 0.3 is 0 Å². The Morgan fingerprint density at radius 2 is 1.83 bits per heavy atom. The Morgan fingerprint density at radius 3 is 2.50 bits per heavy atom. The fourth-order valence-corrected chi connectivity index (χ4v) is 4.66. The maximum absolute atomic E-state index is 10.7. The first-order valence-corrected chi connectivity index (χ1v) is 7.62. The standard InChI is InChI=1S/C15H28N2O/c1-14-10-16(2)8-13(14)9-17(11-14)12-15(18)6-4-3-5-7-15/h13,18H,3-12H2,1-2H3/t13-,14+/m0/s1. The van der Waals surface area contributed by atoms with E-state index in [1.54, 1.807) is 0 Å². The predicted octanol–water partition coefficient (Wildman–Crippen LogP) is 1.57. The third-order valence-corrected chi connectivity index (χ3v) is 5.51. The molecule has 1 saturated carbocycles. The fourth-order valence-electron chi connectivity index (χ4n) is 4.66. The molecule has 0 aromatic carbocycles. The molecule has 0 amide bonds. The normalized spacial score (nSPS) is 41.2. The van der Waals surface area contributed by atoms with E-state index in [9.17, 15) is 5.11 Å². The zero-order valence-electron chi connectivity index (χ0n) is 12.0. The molecular weight excluding hydrogens is 224 g/mol. The lowest BCUT2D eigenvalue weighted by Crippen LogP contribution is -2.45. The lowest BCUT2D eigenvalue weighted by molar-refractivity contribution is -0.0242. The summed E-state index contributed by atoms with van der Waals surface area (Å²) in [6.45, 7) is 8.21. The Labute approximate surface area is 111 Å².